The van der Waals surface area contributed by atoms with Gasteiger partial charge in [-0.05, 0) is 61.4 Å². The average molecular weight is 461 g/mol. The summed E-state index contributed by atoms with van der Waals surface area (Å²) < 4.78 is 27.4. The summed E-state index contributed by atoms with van der Waals surface area (Å²) in [5.41, 5.74) is 3.16. The van der Waals surface area contributed by atoms with E-state index < -0.39 is 10.0 Å². The fraction of sp³-hybridized carbons (Fsp3) is 0.200. The van der Waals surface area contributed by atoms with E-state index in [1.54, 1.807) is 42.5 Å². The Hall–Kier alpha value is -3.65. The number of aromatic nitrogens is 2. The number of carbonyl (C=O) groups excluding carboxylic acids is 1. The molecule has 4 aromatic rings. The van der Waals surface area contributed by atoms with Crippen molar-refractivity contribution in [1.82, 2.24) is 9.97 Å². The Balaban J connectivity index is 1.36. The van der Waals surface area contributed by atoms with Crippen molar-refractivity contribution in [3.05, 3.63) is 84.2 Å². The molecule has 0 radical (unpaired) electrons. The molecule has 33 heavy (non-hydrogen) atoms. The monoisotopic (exact) mass is 460 g/mol. The first kappa shape index (κ1) is 21.2. The quantitative estimate of drug-likeness (QED) is 0.427. The number of carbonyl (C=O) groups is 1. The summed E-state index contributed by atoms with van der Waals surface area (Å²) in [6.07, 6.45) is 3.54. The number of fused-ring (bicyclic) bond motifs is 1. The topological polar surface area (TPSA) is 95.2 Å². The van der Waals surface area contributed by atoms with Crippen LogP contribution in [-0.2, 0) is 10.0 Å². The molecule has 8 heteroatoms. The van der Waals surface area contributed by atoms with Crippen LogP contribution in [0.15, 0.2) is 77.7 Å². The number of aromatic amines is 1. The summed E-state index contributed by atoms with van der Waals surface area (Å²) in [4.78, 5) is 21.0. The first-order valence-electron chi connectivity index (χ1n) is 10.9. The molecular formula is C25H24N4O3S. The Labute approximate surface area is 192 Å². The summed E-state index contributed by atoms with van der Waals surface area (Å²) in [6.45, 7) is 0. The van der Waals surface area contributed by atoms with Gasteiger partial charge in [0.1, 0.15) is 5.82 Å². The average Bonchev–Trinajstić information content (AvgIpc) is 3.20. The number of sulfonamides is 1. The maximum absolute atomic E-state index is 13.1. The van der Waals surface area contributed by atoms with Gasteiger partial charge in [-0.1, -0.05) is 30.7 Å². The summed E-state index contributed by atoms with van der Waals surface area (Å²) in [6, 6.07) is 20.4. The number of nitrogens with zero attached hydrogens (tertiary/aromatic N) is 2. The van der Waals surface area contributed by atoms with E-state index >= 15 is 0 Å². The van der Waals surface area contributed by atoms with Crippen molar-refractivity contribution in [3.63, 3.8) is 0 Å². The maximum atomic E-state index is 13.1. The SMILES string of the molecule is CN(c1ccccc1)S(=O)(=O)c1cccc(C(=O)Nc2ccc3nc(C4CCC4)[nH]c3c2)c1. The molecule has 1 amide bonds. The minimum atomic E-state index is -3.81. The lowest BCUT2D eigenvalue weighted by Gasteiger charge is -2.22. The molecule has 0 atom stereocenters. The van der Waals surface area contributed by atoms with Crippen LogP contribution in [0.1, 0.15) is 41.4 Å². The summed E-state index contributed by atoms with van der Waals surface area (Å²) in [7, 11) is -2.32. The fourth-order valence-electron chi connectivity index (χ4n) is 3.92. The van der Waals surface area contributed by atoms with Crippen LogP contribution >= 0.6 is 0 Å². The van der Waals surface area contributed by atoms with Crippen molar-refractivity contribution in [2.45, 2.75) is 30.1 Å². The highest BCUT2D eigenvalue weighted by Crippen LogP contribution is 2.35. The van der Waals surface area contributed by atoms with Gasteiger partial charge in [0.15, 0.2) is 0 Å². The highest BCUT2D eigenvalue weighted by Gasteiger charge is 2.24. The van der Waals surface area contributed by atoms with Crippen molar-refractivity contribution in [1.29, 1.82) is 0 Å². The minimum absolute atomic E-state index is 0.0515. The molecule has 0 saturated heterocycles. The van der Waals surface area contributed by atoms with Crippen LogP contribution in [0.5, 0.6) is 0 Å². The molecule has 0 aliphatic heterocycles. The first-order valence-corrected chi connectivity index (χ1v) is 12.3. The predicted molar refractivity (Wildman–Crippen MR) is 129 cm³/mol. The van der Waals surface area contributed by atoms with Crippen LogP contribution in [0.4, 0.5) is 11.4 Å². The van der Waals surface area contributed by atoms with Gasteiger partial charge in [0.25, 0.3) is 15.9 Å². The van der Waals surface area contributed by atoms with Crippen LogP contribution in [0.3, 0.4) is 0 Å². The number of para-hydroxylation sites is 1. The van der Waals surface area contributed by atoms with Crippen LogP contribution in [0, 0.1) is 0 Å². The molecule has 3 aromatic carbocycles. The third-order valence-electron chi connectivity index (χ3n) is 6.12. The second-order valence-electron chi connectivity index (χ2n) is 8.27. The number of amides is 1. The molecule has 5 rings (SSSR count). The smallest absolute Gasteiger partial charge is 0.264 e. The Morgan fingerprint density at radius 2 is 1.82 bits per heavy atom. The zero-order valence-electron chi connectivity index (χ0n) is 18.2. The largest absolute Gasteiger partial charge is 0.342 e. The molecule has 2 N–H and O–H groups in total. The number of hydrogen-bond acceptors (Lipinski definition) is 4. The zero-order chi connectivity index (χ0) is 23.0. The second kappa shape index (κ2) is 8.37. The van der Waals surface area contributed by atoms with Gasteiger partial charge in [-0.15, -0.1) is 0 Å². The lowest BCUT2D eigenvalue weighted by atomic mass is 9.85. The summed E-state index contributed by atoms with van der Waals surface area (Å²) in [5, 5.41) is 2.86. The van der Waals surface area contributed by atoms with Crippen LogP contribution in [-0.4, -0.2) is 31.3 Å². The van der Waals surface area contributed by atoms with Gasteiger partial charge in [0, 0.05) is 24.2 Å². The van der Waals surface area contributed by atoms with Crippen molar-refractivity contribution in [3.8, 4) is 0 Å². The molecule has 0 bridgehead atoms. The Morgan fingerprint density at radius 3 is 2.55 bits per heavy atom. The van der Waals surface area contributed by atoms with Crippen molar-refractivity contribution in [2.24, 2.45) is 0 Å². The van der Waals surface area contributed by atoms with E-state index in [1.165, 1.54) is 29.9 Å². The molecule has 0 unspecified atom stereocenters. The third kappa shape index (κ3) is 4.09. The van der Waals surface area contributed by atoms with Crippen molar-refractivity contribution >= 4 is 38.3 Å². The molecule has 1 saturated carbocycles. The molecule has 7 nitrogen and oxygen atoms in total. The number of anilines is 2. The second-order valence-corrected chi connectivity index (χ2v) is 10.2. The van der Waals surface area contributed by atoms with E-state index in [4.69, 9.17) is 0 Å². The van der Waals surface area contributed by atoms with E-state index in [1.807, 2.05) is 18.2 Å². The third-order valence-corrected chi connectivity index (χ3v) is 7.91. The summed E-state index contributed by atoms with van der Waals surface area (Å²) in [5.74, 6) is 1.11. The van der Waals surface area contributed by atoms with Crippen LogP contribution in [0.2, 0.25) is 0 Å². The number of imidazole rings is 1. The van der Waals surface area contributed by atoms with Gasteiger partial charge in [-0.25, -0.2) is 13.4 Å². The van der Waals surface area contributed by atoms with E-state index in [2.05, 4.69) is 15.3 Å². The molecule has 1 heterocycles. The zero-order valence-corrected chi connectivity index (χ0v) is 19.0. The number of nitrogens with one attached hydrogen (secondary N) is 2. The maximum Gasteiger partial charge on any atom is 0.264 e. The highest BCUT2D eigenvalue weighted by molar-refractivity contribution is 7.92. The molecule has 1 aromatic heterocycles. The molecular weight excluding hydrogens is 436 g/mol. The van der Waals surface area contributed by atoms with Crippen molar-refractivity contribution < 1.29 is 13.2 Å². The van der Waals surface area contributed by atoms with Crippen LogP contribution in [0.25, 0.3) is 11.0 Å². The number of hydrogen-bond donors (Lipinski definition) is 2. The molecule has 1 aliphatic carbocycles. The normalized spacial score (nSPS) is 14.1. The van der Waals surface area contributed by atoms with Gasteiger partial charge in [0.2, 0.25) is 0 Å². The predicted octanol–water partition coefficient (Wildman–Crippen LogP) is 4.91. The Morgan fingerprint density at radius 1 is 1.03 bits per heavy atom. The van der Waals surface area contributed by atoms with Crippen LogP contribution < -0.4 is 9.62 Å². The van der Waals surface area contributed by atoms with Gasteiger partial charge < -0.3 is 10.3 Å². The van der Waals surface area contributed by atoms with Gasteiger partial charge >= 0.3 is 0 Å². The van der Waals surface area contributed by atoms with Crippen molar-refractivity contribution in [2.75, 3.05) is 16.7 Å². The molecule has 0 spiro atoms. The fourth-order valence-corrected chi connectivity index (χ4v) is 5.16. The number of benzene rings is 3. The van der Waals surface area contributed by atoms with E-state index in [-0.39, 0.29) is 16.4 Å². The first-order chi connectivity index (χ1) is 15.9. The number of H-pyrrole nitrogens is 1. The lowest BCUT2D eigenvalue weighted by Crippen LogP contribution is -2.26. The van der Waals surface area contributed by atoms with Gasteiger partial charge in [-0.3, -0.25) is 9.10 Å². The van der Waals surface area contributed by atoms with E-state index in [0.717, 1.165) is 29.7 Å². The number of rotatable bonds is 6. The summed E-state index contributed by atoms with van der Waals surface area (Å²) >= 11 is 0. The van der Waals surface area contributed by atoms with E-state index in [9.17, 15) is 13.2 Å². The Bertz CT molecular complexity index is 1430. The molecule has 168 valence electrons. The van der Waals surface area contributed by atoms with E-state index in [0.29, 0.717) is 17.3 Å². The lowest BCUT2D eigenvalue weighted by molar-refractivity contribution is 0.102. The standard InChI is InChI=1S/C25H24N4O3S/c1-29(20-10-3-2-4-11-20)33(31,32)21-12-6-9-18(15-21)25(30)26-19-13-14-22-23(16-19)28-24(27-22)17-7-5-8-17/h2-4,6,9-17H,5,7-8H2,1H3,(H,26,30)(H,27,28). The Kier molecular flexibility index (Phi) is 5.38. The molecule has 1 fully saturated rings. The van der Waals surface area contributed by atoms with Gasteiger partial charge in [0.05, 0.1) is 21.6 Å². The molecule has 1 aliphatic rings. The minimum Gasteiger partial charge on any atom is -0.342 e. The highest BCUT2D eigenvalue weighted by atomic mass is 32.2. The van der Waals surface area contributed by atoms with Gasteiger partial charge in [-0.2, -0.15) is 0 Å².